The number of anilines is 1. The topological polar surface area (TPSA) is 34.2 Å². The van der Waals surface area contributed by atoms with Gasteiger partial charge in [-0.1, -0.05) is 36.4 Å². The van der Waals surface area contributed by atoms with E-state index in [4.69, 9.17) is 9.72 Å². The highest BCUT2D eigenvalue weighted by Gasteiger charge is 2.34. The van der Waals surface area contributed by atoms with Gasteiger partial charge in [-0.05, 0) is 72.1 Å². The highest BCUT2D eigenvalue weighted by molar-refractivity contribution is 9.10. The molecule has 0 saturated carbocycles. The Hall–Kier alpha value is -2.59. The third-order valence-electron chi connectivity index (χ3n) is 5.36. The van der Waals surface area contributed by atoms with Gasteiger partial charge in [0.15, 0.2) is 6.10 Å². The number of nitrogens with zero attached hydrogens (tertiary/aromatic N) is 1. The van der Waals surface area contributed by atoms with E-state index in [0.29, 0.717) is 0 Å². The Bertz CT molecular complexity index is 1130. The third-order valence-corrected chi connectivity index (χ3v) is 5.81. The highest BCUT2D eigenvalue weighted by Crippen LogP contribution is 2.50. The Morgan fingerprint density at radius 2 is 1.82 bits per heavy atom. The Morgan fingerprint density at radius 3 is 2.64 bits per heavy atom. The van der Waals surface area contributed by atoms with E-state index in [-0.39, 0.29) is 11.6 Å². The average Bonchev–Trinajstić information content (AvgIpc) is 2.65. The van der Waals surface area contributed by atoms with E-state index in [9.17, 15) is 0 Å². The molecular weight excluding hydrogens is 412 g/mol. The van der Waals surface area contributed by atoms with Crippen molar-refractivity contribution in [3.63, 3.8) is 0 Å². The van der Waals surface area contributed by atoms with Gasteiger partial charge in [-0.15, -0.1) is 0 Å². The van der Waals surface area contributed by atoms with E-state index in [1.165, 1.54) is 22.3 Å². The van der Waals surface area contributed by atoms with Gasteiger partial charge in [0, 0.05) is 22.4 Å². The molecule has 0 radical (unpaired) electrons. The standard InChI is InChI=1S/C24H21BrN2O/c1-14-13-24(2,3)27-17-12-11-16-15-7-4-5-9-19(15)28-23(22(16)21(14)17)18-8-6-10-20(25)26-18/h4-13,23,27H,1-3H3. The van der Waals surface area contributed by atoms with Crippen molar-refractivity contribution in [1.82, 2.24) is 4.98 Å². The second kappa shape index (κ2) is 6.21. The molecule has 3 aromatic rings. The van der Waals surface area contributed by atoms with E-state index in [0.717, 1.165) is 27.3 Å². The molecule has 140 valence electrons. The second-order valence-electron chi connectivity index (χ2n) is 8.00. The quantitative estimate of drug-likeness (QED) is 0.439. The SMILES string of the molecule is CC1=CC(C)(C)Nc2ccc3c(c21)C(c1cccc(Br)n1)Oc1ccccc1-3. The minimum absolute atomic E-state index is 0.0811. The van der Waals surface area contributed by atoms with E-state index >= 15 is 0 Å². The molecule has 0 amide bonds. The van der Waals surface area contributed by atoms with Crippen LogP contribution in [0.4, 0.5) is 5.69 Å². The third kappa shape index (κ3) is 2.75. The largest absolute Gasteiger partial charge is 0.479 e. The Kier molecular flexibility index (Phi) is 3.88. The summed E-state index contributed by atoms with van der Waals surface area (Å²) in [5.41, 5.74) is 7.96. The number of para-hydroxylation sites is 1. The van der Waals surface area contributed by atoms with Gasteiger partial charge >= 0.3 is 0 Å². The molecule has 28 heavy (non-hydrogen) atoms. The molecule has 3 heterocycles. The van der Waals surface area contributed by atoms with Crippen molar-refractivity contribution in [2.45, 2.75) is 32.4 Å². The number of fused-ring (bicyclic) bond motifs is 5. The van der Waals surface area contributed by atoms with E-state index in [1.54, 1.807) is 0 Å². The molecule has 1 unspecified atom stereocenters. The van der Waals surface area contributed by atoms with Crippen LogP contribution >= 0.6 is 15.9 Å². The molecule has 1 atom stereocenters. The summed E-state index contributed by atoms with van der Waals surface area (Å²) in [5.74, 6) is 0.896. The number of halogens is 1. The summed E-state index contributed by atoms with van der Waals surface area (Å²) < 4.78 is 7.34. The molecule has 0 aliphatic carbocycles. The zero-order chi connectivity index (χ0) is 19.5. The Morgan fingerprint density at radius 1 is 1.00 bits per heavy atom. The molecular formula is C24H21BrN2O. The number of allylic oxidation sites excluding steroid dienone is 1. The first-order valence-electron chi connectivity index (χ1n) is 9.46. The number of ether oxygens (including phenoxy) is 1. The summed E-state index contributed by atoms with van der Waals surface area (Å²) in [7, 11) is 0. The fourth-order valence-corrected chi connectivity index (χ4v) is 4.77. The first-order valence-corrected chi connectivity index (χ1v) is 10.3. The van der Waals surface area contributed by atoms with Crippen LogP contribution in [0.1, 0.15) is 43.7 Å². The number of rotatable bonds is 1. The van der Waals surface area contributed by atoms with Crippen LogP contribution < -0.4 is 10.1 Å². The number of benzene rings is 2. The van der Waals surface area contributed by atoms with Crippen molar-refractivity contribution in [2.75, 3.05) is 5.32 Å². The zero-order valence-electron chi connectivity index (χ0n) is 16.1. The monoisotopic (exact) mass is 432 g/mol. The maximum absolute atomic E-state index is 6.53. The lowest BCUT2D eigenvalue weighted by Crippen LogP contribution is -2.32. The van der Waals surface area contributed by atoms with Crippen LogP contribution in [-0.2, 0) is 0 Å². The summed E-state index contributed by atoms with van der Waals surface area (Å²) in [6.45, 7) is 6.57. The summed E-state index contributed by atoms with van der Waals surface area (Å²) in [5, 5.41) is 3.66. The van der Waals surface area contributed by atoms with Gasteiger partial charge in [-0.3, -0.25) is 0 Å². The van der Waals surface area contributed by atoms with Crippen molar-refractivity contribution in [3.8, 4) is 16.9 Å². The molecule has 0 spiro atoms. The Labute approximate surface area is 173 Å². The maximum atomic E-state index is 6.53. The molecule has 2 aliphatic rings. The van der Waals surface area contributed by atoms with Gasteiger partial charge < -0.3 is 10.1 Å². The molecule has 5 rings (SSSR count). The number of aromatic nitrogens is 1. The van der Waals surface area contributed by atoms with Crippen LogP contribution in [-0.4, -0.2) is 10.5 Å². The smallest absolute Gasteiger partial charge is 0.167 e. The van der Waals surface area contributed by atoms with Gasteiger partial charge in [-0.2, -0.15) is 0 Å². The van der Waals surface area contributed by atoms with Crippen LogP contribution in [0.25, 0.3) is 16.7 Å². The molecule has 2 aromatic carbocycles. The molecule has 3 nitrogen and oxygen atoms in total. The fraction of sp³-hybridized carbons (Fsp3) is 0.208. The first-order chi connectivity index (χ1) is 13.4. The zero-order valence-corrected chi connectivity index (χ0v) is 17.7. The van der Waals surface area contributed by atoms with Crippen molar-refractivity contribution in [1.29, 1.82) is 0 Å². The maximum Gasteiger partial charge on any atom is 0.167 e. The van der Waals surface area contributed by atoms with Crippen molar-refractivity contribution >= 4 is 27.2 Å². The van der Waals surface area contributed by atoms with Crippen LogP contribution in [0.2, 0.25) is 0 Å². The molecule has 0 bridgehead atoms. The van der Waals surface area contributed by atoms with Gasteiger partial charge in [-0.25, -0.2) is 4.98 Å². The van der Waals surface area contributed by atoms with E-state index < -0.39 is 0 Å². The lowest BCUT2D eigenvalue weighted by atomic mass is 9.81. The van der Waals surface area contributed by atoms with Gasteiger partial charge in [0.05, 0.1) is 11.2 Å². The van der Waals surface area contributed by atoms with E-state index in [1.807, 2.05) is 30.3 Å². The normalized spacial score (nSPS) is 18.7. The fourth-order valence-electron chi connectivity index (χ4n) is 4.41. The van der Waals surface area contributed by atoms with Gasteiger partial charge in [0.1, 0.15) is 10.4 Å². The minimum Gasteiger partial charge on any atom is -0.479 e. The predicted octanol–water partition coefficient (Wildman–Crippen LogP) is 6.60. The summed E-state index contributed by atoms with van der Waals surface area (Å²) >= 11 is 3.51. The molecule has 1 aromatic heterocycles. The number of pyridine rings is 1. The summed E-state index contributed by atoms with van der Waals surface area (Å²) in [4.78, 5) is 4.72. The number of hydrogen-bond acceptors (Lipinski definition) is 3. The average molecular weight is 433 g/mol. The molecule has 0 saturated heterocycles. The molecule has 4 heteroatoms. The first kappa shape index (κ1) is 17.5. The van der Waals surface area contributed by atoms with Crippen molar-refractivity contribution in [2.24, 2.45) is 0 Å². The minimum atomic E-state index is -0.260. The van der Waals surface area contributed by atoms with Gasteiger partial charge in [0.25, 0.3) is 0 Å². The molecule has 2 aliphatic heterocycles. The predicted molar refractivity (Wildman–Crippen MR) is 118 cm³/mol. The highest BCUT2D eigenvalue weighted by atomic mass is 79.9. The van der Waals surface area contributed by atoms with Crippen LogP contribution in [0.15, 0.2) is 65.3 Å². The van der Waals surface area contributed by atoms with Crippen molar-refractivity contribution < 1.29 is 4.74 Å². The van der Waals surface area contributed by atoms with Crippen LogP contribution in [0.3, 0.4) is 0 Å². The lowest BCUT2D eigenvalue weighted by molar-refractivity contribution is 0.238. The number of nitrogens with one attached hydrogen (secondary N) is 1. The molecule has 1 N–H and O–H groups in total. The number of hydrogen-bond donors (Lipinski definition) is 1. The van der Waals surface area contributed by atoms with Crippen LogP contribution in [0.5, 0.6) is 5.75 Å². The van der Waals surface area contributed by atoms with Gasteiger partial charge in [0.2, 0.25) is 0 Å². The lowest BCUT2D eigenvalue weighted by Gasteiger charge is -2.37. The second-order valence-corrected chi connectivity index (χ2v) is 8.82. The summed E-state index contributed by atoms with van der Waals surface area (Å²) in [6.07, 6.45) is 2.03. The Balaban J connectivity index is 1.81. The van der Waals surface area contributed by atoms with Crippen molar-refractivity contribution in [3.05, 3.63) is 82.1 Å². The summed E-state index contributed by atoms with van der Waals surface area (Å²) in [6, 6.07) is 18.6. The van der Waals surface area contributed by atoms with E-state index in [2.05, 4.69) is 72.4 Å². The van der Waals surface area contributed by atoms with Crippen LogP contribution in [0, 0.1) is 0 Å². The molecule has 0 fully saturated rings.